The van der Waals surface area contributed by atoms with Crippen molar-refractivity contribution < 1.29 is 23.9 Å². The minimum absolute atomic E-state index is 0.130. The minimum atomic E-state index is -0.565. The maximum atomic E-state index is 11.2. The molecule has 0 spiro atoms. The summed E-state index contributed by atoms with van der Waals surface area (Å²) in [5.41, 5.74) is -0.188. The number of carbonyl (C=O) groups is 1. The number of methoxy groups -OCH3 is 1. The molecule has 0 fully saturated rings. The van der Waals surface area contributed by atoms with Crippen LogP contribution in [0.4, 0.5) is 5.69 Å². The van der Waals surface area contributed by atoms with Gasteiger partial charge in [-0.1, -0.05) is 11.3 Å². The van der Waals surface area contributed by atoms with Gasteiger partial charge in [0.15, 0.2) is 5.78 Å². The van der Waals surface area contributed by atoms with E-state index < -0.39 is 4.92 Å². The summed E-state index contributed by atoms with van der Waals surface area (Å²) in [6.45, 7) is 2.75. The fourth-order valence-electron chi connectivity index (χ4n) is 1.21. The molecule has 0 amide bonds. The first-order chi connectivity index (χ1) is 9.06. The Labute approximate surface area is 114 Å². The van der Waals surface area contributed by atoms with Crippen molar-refractivity contribution in [1.29, 1.82) is 0 Å². The first-order valence-corrected chi connectivity index (χ1v) is 6.36. The second kappa shape index (κ2) is 7.82. The molecule has 19 heavy (non-hydrogen) atoms. The SMILES string of the molecule is COCCOCCOc1sc(C(C)=O)cc1[N+](=O)[O-]. The molecule has 1 aromatic rings. The van der Waals surface area contributed by atoms with Crippen molar-refractivity contribution in [3.05, 3.63) is 21.1 Å². The summed E-state index contributed by atoms with van der Waals surface area (Å²) in [4.78, 5) is 21.7. The number of carbonyl (C=O) groups excluding carboxylic acids is 1. The fourth-order valence-corrected chi connectivity index (χ4v) is 2.10. The van der Waals surface area contributed by atoms with Gasteiger partial charge in [0.1, 0.15) is 6.61 Å². The monoisotopic (exact) mass is 289 g/mol. The van der Waals surface area contributed by atoms with E-state index in [0.717, 1.165) is 11.3 Å². The maximum absolute atomic E-state index is 11.2. The van der Waals surface area contributed by atoms with Gasteiger partial charge in [0, 0.05) is 13.2 Å². The van der Waals surface area contributed by atoms with Crippen LogP contribution in [0.3, 0.4) is 0 Å². The van der Waals surface area contributed by atoms with Gasteiger partial charge >= 0.3 is 5.69 Å². The summed E-state index contributed by atoms with van der Waals surface area (Å²) >= 11 is 0.971. The summed E-state index contributed by atoms with van der Waals surface area (Å²) in [6, 6.07) is 1.23. The van der Waals surface area contributed by atoms with E-state index in [1.807, 2.05) is 0 Å². The highest BCUT2D eigenvalue weighted by molar-refractivity contribution is 7.16. The molecular formula is C11H15NO6S. The highest BCUT2D eigenvalue weighted by Crippen LogP contribution is 2.36. The fraction of sp³-hybridized carbons (Fsp3) is 0.545. The normalized spacial score (nSPS) is 10.4. The van der Waals surface area contributed by atoms with Crippen LogP contribution in [0.2, 0.25) is 0 Å². The third-order valence-electron chi connectivity index (χ3n) is 2.12. The molecule has 0 saturated carbocycles. The summed E-state index contributed by atoms with van der Waals surface area (Å²) < 4.78 is 15.2. The molecule has 106 valence electrons. The van der Waals surface area contributed by atoms with Gasteiger partial charge < -0.3 is 14.2 Å². The van der Waals surface area contributed by atoms with E-state index in [-0.39, 0.29) is 23.1 Å². The molecule has 0 aliphatic heterocycles. The molecule has 7 nitrogen and oxygen atoms in total. The Morgan fingerprint density at radius 3 is 2.63 bits per heavy atom. The Bertz CT molecular complexity index is 444. The third kappa shape index (κ3) is 4.93. The van der Waals surface area contributed by atoms with Crippen LogP contribution in [0.1, 0.15) is 16.6 Å². The lowest BCUT2D eigenvalue weighted by atomic mass is 10.3. The summed E-state index contributed by atoms with van der Waals surface area (Å²) in [7, 11) is 1.57. The first-order valence-electron chi connectivity index (χ1n) is 5.55. The van der Waals surface area contributed by atoms with Crippen LogP contribution in [0, 0.1) is 10.1 Å². The second-order valence-corrected chi connectivity index (χ2v) is 4.57. The zero-order valence-corrected chi connectivity index (χ0v) is 11.5. The van der Waals surface area contributed by atoms with Crippen LogP contribution >= 0.6 is 11.3 Å². The highest BCUT2D eigenvalue weighted by Gasteiger charge is 2.22. The van der Waals surface area contributed by atoms with Crippen molar-refractivity contribution in [3.8, 4) is 5.06 Å². The molecular weight excluding hydrogens is 274 g/mol. The van der Waals surface area contributed by atoms with Gasteiger partial charge in [0.25, 0.3) is 5.06 Å². The van der Waals surface area contributed by atoms with E-state index in [1.54, 1.807) is 7.11 Å². The predicted molar refractivity (Wildman–Crippen MR) is 69.2 cm³/mol. The Morgan fingerprint density at radius 2 is 2.05 bits per heavy atom. The molecule has 0 bridgehead atoms. The van der Waals surface area contributed by atoms with Crippen LogP contribution in [0.15, 0.2) is 6.07 Å². The molecule has 0 radical (unpaired) electrons. The lowest BCUT2D eigenvalue weighted by Crippen LogP contribution is -2.09. The van der Waals surface area contributed by atoms with E-state index >= 15 is 0 Å². The standard InChI is InChI=1S/C11H15NO6S/c1-8(13)10-7-9(12(14)15)11(19-10)18-6-5-17-4-3-16-2/h7H,3-6H2,1-2H3. The molecule has 1 aromatic heterocycles. The van der Waals surface area contributed by atoms with E-state index in [1.165, 1.54) is 13.0 Å². The van der Waals surface area contributed by atoms with Crippen LogP contribution in [-0.2, 0) is 9.47 Å². The lowest BCUT2D eigenvalue weighted by Gasteiger charge is -2.04. The van der Waals surface area contributed by atoms with Crippen molar-refractivity contribution in [2.24, 2.45) is 0 Å². The van der Waals surface area contributed by atoms with E-state index in [4.69, 9.17) is 14.2 Å². The molecule has 0 aliphatic rings. The van der Waals surface area contributed by atoms with Gasteiger partial charge in [-0.2, -0.15) is 0 Å². The Hall–Kier alpha value is -1.51. The van der Waals surface area contributed by atoms with Gasteiger partial charge in [-0.3, -0.25) is 14.9 Å². The molecule has 1 rings (SSSR count). The zero-order valence-electron chi connectivity index (χ0n) is 10.7. The first kappa shape index (κ1) is 15.5. The maximum Gasteiger partial charge on any atom is 0.323 e. The van der Waals surface area contributed by atoms with E-state index in [0.29, 0.717) is 24.7 Å². The number of thiophene rings is 1. The third-order valence-corrected chi connectivity index (χ3v) is 3.25. The average molecular weight is 289 g/mol. The summed E-state index contributed by atoms with van der Waals surface area (Å²) in [6.07, 6.45) is 0. The molecule has 1 heterocycles. The summed E-state index contributed by atoms with van der Waals surface area (Å²) in [5.74, 6) is -0.223. The van der Waals surface area contributed by atoms with E-state index in [2.05, 4.69) is 0 Å². The predicted octanol–water partition coefficient (Wildman–Crippen LogP) is 1.90. The van der Waals surface area contributed by atoms with Crippen molar-refractivity contribution in [1.82, 2.24) is 0 Å². The Morgan fingerprint density at radius 1 is 1.37 bits per heavy atom. The van der Waals surface area contributed by atoms with Gasteiger partial charge in [-0.25, -0.2) is 0 Å². The Balaban J connectivity index is 2.52. The van der Waals surface area contributed by atoms with Crippen LogP contribution in [0.25, 0.3) is 0 Å². The molecule has 0 aromatic carbocycles. The number of ether oxygens (including phenoxy) is 3. The minimum Gasteiger partial charge on any atom is -0.477 e. The molecule has 0 unspecified atom stereocenters. The smallest absolute Gasteiger partial charge is 0.323 e. The number of nitrogens with zero attached hydrogens (tertiary/aromatic N) is 1. The van der Waals surface area contributed by atoms with Crippen molar-refractivity contribution in [2.75, 3.05) is 33.5 Å². The quantitative estimate of drug-likeness (QED) is 0.298. The van der Waals surface area contributed by atoms with Crippen molar-refractivity contribution in [3.63, 3.8) is 0 Å². The van der Waals surface area contributed by atoms with Gasteiger partial charge in [-0.15, -0.1) is 0 Å². The van der Waals surface area contributed by atoms with Gasteiger partial charge in [0.2, 0.25) is 0 Å². The van der Waals surface area contributed by atoms with Crippen molar-refractivity contribution >= 4 is 22.8 Å². The van der Waals surface area contributed by atoms with Crippen LogP contribution < -0.4 is 4.74 Å². The topological polar surface area (TPSA) is 87.9 Å². The van der Waals surface area contributed by atoms with Crippen molar-refractivity contribution in [2.45, 2.75) is 6.92 Å². The van der Waals surface area contributed by atoms with Crippen LogP contribution in [-0.4, -0.2) is 44.2 Å². The number of hydrogen-bond acceptors (Lipinski definition) is 7. The molecule has 0 saturated heterocycles. The highest BCUT2D eigenvalue weighted by atomic mass is 32.1. The molecule has 0 atom stereocenters. The molecule has 0 aliphatic carbocycles. The van der Waals surface area contributed by atoms with E-state index in [9.17, 15) is 14.9 Å². The number of Topliss-reactive ketones (excluding diaryl/α,β-unsaturated/α-hetero) is 1. The largest absolute Gasteiger partial charge is 0.477 e. The second-order valence-electron chi connectivity index (χ2n) is 3.55. The van der Waals surface area contributed by atoms with Gasteiger partial charge in [-0.05, 0) is 6.92 Å². The number of rotatable bonds is 9. The van der Waals surface area contributed by atoms with Crippen LogP contribution in [0.5, 0.6) is 5.06 Å². The zero-order chi connectivity index (χ0) is 14.3. The molecule has 0 N–H and O–H groups in total. The lowest BCUT2D eigenvalue weighted by molar-refractivity contribution is -0.385. The van der Waals surface area contributed by atoms with Gasteiger partial charge in [0.05, 0.1) is 29.6 Å². The average Bonchev–Trinajstić information content (AvgIpc) is 2.78. The number of nitro groups is 1. The molecule has 8 heteroatoms. The summed E-state index contributed by atoms with van der Waals surface area (Å²) in [5, 5.41) is 10.9. The number of hydrogen-bond donors (Lipinski definition) is 0. The number of ketones is 1. The Kier molecular flexibility index (Phi) is 6.40.